The minimum atomic E-state index is -3.57. The maximum atomic E-state index is 12.5. The van der Waals surface area contributed by atoms with E-state index < -0.39 is 15.8 Å². The summed E-state index contributed by atoms with van der Waals surface area (Å²) in [6.45, 7) is 1.83. The van der Waals surface area contributed by atoms with E-state index in [1.165, 1.54) is 19.2 Å². The molecule has 0 aromatic heterocycles. The Bertz CT molecular complexity index is 827. The minimum absolute atomic E-state index is 0. The van der Waals surface area contributed by atoms with Gasteiger partial charge in [-0.25, -0.2) is 8.42 Å². The fourth-order valence-electron chi connectivity index (χ4n) is 2.49. The van der Waals surface area contributed by atoms with Crippen molar-refractivity contribution in [1.82, 2.24) is 5.32 Å². The van der Waals surface area contributed by atoms with Gasteiger partial charge in [-0.1, -0.05) is 37.3 Å². The number of hydrogen-bond acceptors (Lipinski definition) is 5. The van der Waals surface area contributed by atoms with Crippen molar-refractivity contribution in [3.05, 3.63) is 60.2 Å². The molecule has 0 bridgehead atoms. The zero-order valence-corrected chi connectivity index (χ0v) is 16.9. The van der Waals surface area contributed by atoms with Crippen LogP contribution in [0, 0.1) is 5.92 Å². The Labute approximate surface area is 166 Å². The second kappa shape index (κ2) is 10.3. The summed E-state index contributed by atoms with van der Waals surface area (Å²) in [6.07, 6.45) is 0. The van der Waals surface area contributed by atoms with Crippen LogP contribution in [0.5, 0.6) is 5.75 Å². The lowest BCUT2D eigenvalue weighted by Crippen LogP contribution is -2.37. The molecule has 6 nitrogen and oxygen atoms in total. The molecule has 8 heteroatoms. The molecule has 27 heavy (non-hydrogen) atoms. The van der Waals surface area contributed by atoms with Crippen LogP contribution in [0.25, 0.3) is 0 Å². The van der Waals surface area contributed by atoms with E-state index in [0.29, 0.717) is 5.75 Å². The summed E-state index contributed by atoms with van der Waals surface area (Å²) in [5.41, 5.74) is 6.95. The number of halogens is 1. The van der Waals surface area contributed by atoms with Gasteiger partial charge in [0.2, 0.25) is 5.91 Å². The number of nitrogens with two attached hydrogens (primary N) is 1. The van der Waals surface area contributed by atoms with Gasteiger partial charge in [-0.05, 0) is 29.8 Å². The topological polar surface area (TPSA) is 98.5 Å². The fraction of sp³-hybridized carbons (Fsp3) is 0.316. The van der Waals surface area contributed by atoms with E-state index in [9.17, 15) is 13.2 Å². The van der Waals surface area contributed by atoms with Gasteiger partial charge in [-0.2, -0.15) is 0 Å². The number of nitrogens with one attached hydrogen (secondary N) is 1. The lowest BCUT2D eigenvalue weighted by molar-refractivity contribution is -0.123. The summed E-state index contributed by atoms with van der Waals surface area (Å²) in [5.74, 6) is -0.727. The molecule has 0 saturated carbocycles. The summed E-state index contributed by atoms with van der Waals surface area (Å²) < 4.78 is 29.9. The van der Waals surface area contributed by atoms with Gasteiger partial charge in [0.1, 0.15) is 5.75 Å². The molecule has 2 unspecified atom stereocenters. The zero-order chi connectivity index (χ0) is 19.2. The molecule has 2 atom stereocenters. The molecule has 0 fully saturated rings. The Morgan fingerprint density at radius 1 is 1.11 bits per heavy atom. The highest BCUT2D eigenvalue weighted by molar-refractivity contribution is 7.91. The van der Waals surface area contributed by atoms with Crippen LogP contribution in [0.4, 0.5) is 0 Å². The van der Waals surface area contributed by atoms with E-state index in [1.807, 2.05) is 30.3 Å². The third kappa shape index (κ3) is 6.53. The summed E-state index contributed by atoms with van der Waals surface area (Å²) in [7, 11) is -2.06. The quantitative estimate of drug-likeness (QED) is 0.693. The number of rotatable bonds is 8. The van der Waals surface area contributed by atoms with Crippen molar-refractivity contribution in [2.24, 2.45) is 11.7 Å². The fourth-order valence-corrected chi connectivity index (χ4v) is 4.04. The lowest BCUT2D eigenvalue weighted by Gasteiger charge is -2.16. The van der Waals surface area contributed by atoms with Crippen LogP contribution in [0.2, 0.25) is 0 Å². The van der Waals surface area contributed by atoms with Crippen LogP contribution in [-0.4, -0.2) is 33.7 Å². The van der Waals surface area contributed by atoms with Gasteiger partial charge in [0.25, 0.3) is 0 Å². The maximum Gasteiger partial charge on any atom is 0.223 e. The highest BCUT2D eigenvalue weighted by Crippen LogP contribution is 2.18. The smallest absolute Gasteiger partial charge is 0.223 e. The third-order valence-corrected chi connectivity index (χ3v) is 5.99. The second-order valence-electron chi connectivity index (χ2n) is 6.12. The highest BCUT2D eigenvalue weighted by atomic mass is 35.5. The number of hydrogen-bond donors (Lipinski definition) is 2. The molecule has 148 valence electrons. The molecule has 0 aliphatic carbocycles. The molecule has 0 spiro atoms. The molecule has 1 amide bonds. The average molecular weight is 413 g/mol. The third-order valence-electron chi connectivity index (χ3n) is 4.06. The summed E-state index contributed by atoms with van der Waals surface area (Å²) in [4.78, 5) is 12.4. The SMILES string of the molecule is COc1ccc(S(=O)(=O)CC(C)C(=O)NCC(N)c2ccccc2)cc1.Cl. The van der Waals surface area contributed by atoms with Gasteiger partial charge in [0.05, 0.1) is 17.8 Å². The lowest BCUT2D eigenvalue weighted by atomic mass is 10.1. The summed E-state index contributed by atoms with van der Waals surface area (Å²) >= 11 is 0. The maximum absolute atomic E-state index is 12.5. The van der Waals surface area contributed by atoms with Gasteiger partial charge in [0, 0.05) is 18.5 Å². The molecule has 2 aromatic rings. The van der Waals surface area contributed by atoms with Crippen LogP contribution in [0.1, 0.15) is 18.5 Å². The van der Waals surface area contributed by atoms with Crippen molar-refractivity contribution in [1.29, 1.82) is 0 Å². The van der Waals surface area contributed by atoms with Crippen molar-refractivity contribution in [3.8, 4) is 5.75 Å². The molecular weight excluding hydrogens is 388 g/mol. The van der Waals surface area contributed by atoms with Crippen LogP contribution < -0.4 is 15.8 Å². The van der Waals surface area contributed by atoms with Gasteiger partial charge in [0.15, 0.2) is 9.84 Å². The van der Waals surface area contributed by atoms with Gasteiger partial charge < -0.3 is 15.8 Å². The predicted octanol–water partition coefficient (Wildman–Crippen LogP) is 2.34. The van der Waals surface area contributed by atoms with Crippen molar-refractivity contribution >= 4 is 28.2 Å². The Balaban J connectivity index is 0.00000364. The molecule has 2 rings (SSSR count). The number of methoxy groups -OCH3 is 1. The first-order valence-corrected chi connectivity index (χ1v) is 9.94. The number of benzene rings is 2. The first-order valence-electron chi connectivity index (χ1n) is 8.28. The Hall–Kier alpha value is -2.09. The van der Waals surface area contributed by atoms with Crippen LogP contribution in [0.3, 0.4) is 0 Å². The van der Waals surface area contributed by atoms with Crippen LogP contribution in [-0.2, 0) is 14.6 Å². The van der Waals surface area contributed by atoms with E-state index in [-0.39, 0.29) is 41.5 Å². The van der Waals surface area contributed by atoms with Crippen molar-refractivity contribution in [2.75, 3.05) is 19.4 Å². The largest absolute Gasteiger partial charge is 0.497 e. The van der Waals surface area contributed by atoms with E-state index in [0.717, 1.165) is 5.56 Å². The standard InChI is InChI=1S/C19H24N2O4S.ClH/c1-14(13-26(23,24)17-10-8-16(25-2)9-11-17)19(22)21-12-18(20)15-6-4-3-5-7-15;/h3-11,14,18H,12-13,20H2,1-2H3,(H,21,22);1H. The molecule has 0 aliphatic rings. The second-order valence-corrected chi connectivity index (χ2v) is 8.15. The van der Waals surface area contributed by atoms with Crippen molar-refractivity contribution in [2.45, 2.75) is 17.9 Å². The monoisotopic (exact) mass is 412 g/mol. The first-order chi connectivity index (χ1) is 12.3. The van der Waals surface area contributed by atoms with E-state index in [1.54, 1.807) is 19.1 Å². The summed E-state index contributed by atoms with van der Waals surface area (Å²) in [6, 6.07) is 15.2. The van der Waals surface area contributed by atoms with Crippen molar-refractivity contribution < 1.29 is 17.9 Å². The van der Waals surface area contributed by atoms with E-state index in [2.05, 4.69) is 5.32 Å². The average Bonchev–Trinajstić information content (AvgIpc) is 2.66. The molecule has 3 N–H and O–H groups in total. The number of carbonyl (C=O) groups is 1. The van der Waals surface area contributed by atoms with E-state index >= 15 is 0 Å². The highest BCUT2D eigenvalue weighted by Gasteiger charge is 2.23. The first kappa shape index (κ1) is 23.0. The molecule has 0 radical (unpaired) electrons. The van der Waals surface area contributed by atoms with Crippen LogP contribution in [0.15, 0.2) is 59.5 Å². The molecule has 0 saturated heterocycles. The number of amides is 1. The minimum Gasteiger partial charge on any atom is -0.497 e. The normalized spacial score (nSPS) is 13.1. The van der Waals surface area contributed by atoms with E-state index in [4.69, 9.17) is 10.5 Å². The molecule has 0 aliphatic heterocycles. The van der Waals surface area contributed by atoms with Gasteiger partial charge >= 0.3 is 0 Å². The van der Waals surface area contributed by atoms with Gasteiger partial charge in [-0.3, -0.25) is 4.79 Å². The molecular formula is C19H25ClN2O4S. The Morgan fingerprint density at radius 2 is 1.70 bits per heavy atom. The molecule has 0 heterocycles. The number of carbonyl (C=O) groups excluding carboxylic acids is 1. The van der Waals surface area contributed by atoms with Crippen molar-refractivity contribution in [3.63, 3.8) is 0 Å². The molecule has 2 aromatic carbocycles. The number of ether oxygens (including phenoxy) is 1. The number of sulfone groups is 1. The Morgan fingerprint density at radius 3 is 2.26 bits per heavy atom. The zero-order valence-electron chi connectivity index (χ0n) is 15.3. The van der Waals surface area contributed by atoms with Gasteiger partial charge in [-0.15, -0.1) is 12.4 Å². The predicted molar refractivity (Wildman–Crippen MR) is 108 cm³/mol. The van der Waals surface area contributed by atoms with Crippen LogP contribution >= 0.6 is 12.4 Å². The summed E-state index contributed by atoms with van der Waals surface area (Å²) in [5, 5.41) is 2.72. The Kier molecular flexibility index (Phi) is 8.75.